The van der Waals surface area contributed by atoms with Gasteiger partial charge < -0.3 is 13.3 Å². The lowest BCUT2D eigenvalue weighted by Crippen LogP contribution is -2.00. The molecule has 55 heavy (non-hydrogen) atoms. The molecular formula is C49H27N3O3. The Morgan fingerprint density at radius 1 is 0.291 bits per heavy atom. The molecule has 6 heteroatoms. The Hall–Kier alpha value is -7.57. The lowest BCUT2D eigenvalue weighted by Gasteiger charge is -2.11. The molecule has 12 rings (SSSR count). The van der Waals surface area contributed by atoms with E-state index in [9.17, 15) is 0 Å². The van der Waals surface area contributed by atoms with Crippen LogP contribution in [0.1, 0.15) is 0 Å². The Morgan fingerprint density at radius 3 is 1.45 bits per heavy atom. The number of fused-ring (bicyclic) bond motifs is 11. The Kier molecular flexibility index (Phi) is 6.24. The maximum Gasteiger partial charge on any atom is 0.164 e. The van der Waals surface area contributed by atoms with E-state index in [4.69, 9.17) is 28.2 Å². The summed E-state index contributed by atoms with van der Waals surface area (Å²) in [6, 6.07) is 55.7. The minimum absolute atomic E-state index is 0.571. The van der Waals surface area contributed by atoms with E-state index in [0.29, 0.717) is 17.5 Å². The largest absolute Gasteiger partial charge is 0.456 e. The molecular weight excluding hydrogens is 679 g/mol. The molecule has 0 aliphatic carbocycles. The van der Waals surface area contributed by atoms with Crippen LogP contribution in [0.2, 0.25) is 0 Å². The summed E-state index contributed by atoms with van der Waals surface area (Å²) in [5.41, 5.74) is 9.84. The van der Waals surface area contributed by atoms with Crippen LogP contribution >= 0.6 is 0 Å². The molecule has 6 nitrogen and oxygen atoms in total. The summed E-state index contributed by atoms with van der Waals surface area (Å²) in [7, 11) is 0. The van der Waals surface area contributed by atoms with E-state index in [0.717, 1.165) is 104 Å². The number of hydrogen-bond donors (Lipinski definition) is 0. The molecule has 0 aliphatic heterocycles. The predicted octanol–water partition coefficient (Wildman–Crippen LogP) is 13.4. The third kappa shape index (κ3) is 4.58. The topological polar surface area (TPSA) is 78.1 Å². The van der Waals surface area contributed by atoms with Gasteiger partial charge in [0.15, 0.2) is 17.5 Å². The summed E-state index contributed by atoms with van der Waals surface area (Å²) in [6.07, 6.45) is 0. The van der Waals surface area contributed by atoms with E-state index in [1.807, 2.05) is 72.8 Å². The summed E-state index contributed by atoms with van der Waals surface area (Å²) in [6.45, 7) is 0. The van der Waals surface area contributed by atoms with E-state index < -0.39 is 0 Å². The predicted molar refractivity (Wildman–Crippen MR) is 221 cm³/mol. The number of rotatable bonds is 4. The molecule has 12 aromatic rings. The van der Waals surface area contributed by atoms with Crippen molar-refractivity contribution in [1.82, 2.24) is 15.0 Å². The number of furan rings is 3. The lowest BCUT2D eigenvalue weighted by molar-refractivity contribution is 0.668. The van der Waals surface area contributed by atoms with Gasteiger partial charge in [0.2, 0.25) is 0 Å². The van der Waals surface area contributed by atoms with Crippen molar-refractivity contribution in [2.24, 2.45) is 0 Å². The van der Waals surface area contributed by atoms with E-state index in [2.05, 4.69) is 91.0 Å². The number of nitrogens with zero attached hydrogens (tertiary/aromatic N) is 3. The van der Waals surface area contributed by atoms with Crippen LogP contribution in [0.15, 0.2) is 177 Å². The molecule has 0 saturated heterocycles. The van der Waals surface area contributed by atoms with Gasteiger partial charge in [-0.25, -0.2) is 15.0 Å². The molecule has 0 unspecified atom stereocenters. The molecule has 0 saturated carbocycles. The average molecular weight is 706 g/mol. The van der Waals surface area contributed by atoms with Crippen LogP contribution < -0.4 is 0 Å². The van der Waals surface area contributed by atoms with Crippen molar-refractivity contribution >= 4 is 76.6 Å². The van der Waals surface area contributed by atoms with Crippen molar-refractivity contribution in [3.63, 3.8) is 0 Å². The van der Waals surface area contributed by atoms with E-state index in [1.165, 1.54) is 0 Å². The van der Waals surface area contributed by atoms with Crippen LogP contribution in [0.4, 0.5) is 0 Å². The molecule has 0 atom stereocenters. The van der Waals surface area contributed by atoms with Crippen molar-refractivity contribution < 1.29 is 13.3 Å². The van der Waals surface area contributed by atoms with Crippen LogP contribution in [0, 0.1) is 0 Å². The van der Waals surface area contributed by atoms with Gasteiger partial charge in [0.1, 0.15) is 33.5 Å². The molecule has 0 aliphatic rings. The fraction of sp³-hybridized carbons (Fsp3) is 0. The zero-order chi connectivity index (χ0) is 36.0. The van der Waals surface area contributed by atoms with E-state index in [1.54, 1.807) is 0 Å². The highest BCUT2D eigenvalue weighted by atomic mass is 16.3. The van der Waals surface area contributed by atoms with Crippen molar-refractivity contribution in [3.05, 3.63) is 164 Å². The number of aromatic nitrogens is 3. The summed E-state index contributed by atoms with van der Waals surface area (Å²) < 4.78 is 18.7. The molecule has 0 N–H and O–H groups in total. The van der Waals surface area contributed by atoms with E-state index >= 15 is 0 Å². The highest BCUT2D eigenvalue weighted by Gasteiger charge is 2.20. The van der Waals surface area contributed by atoms with Gasteiger partial charge in [-0.15, -0.1) is 0 Å². The first kappa shape index (κ1) is 29.9. The normalized spacial score (nSPS) is 12.0. The number of benzene rings is 8. The third-order valence-corrected chi connectivity index (χ3v) is 10.7. The Labute approximate surface area is 312 Å². The van der Waals surface area contributed by atoms with Gasteiger partial charge in [-0.2, -0.15) is 0 Å². The van der Waals surface area contributed by atoms with Gasteiger partial charge in [0.05, 0.1) is 0 Å². The standard InChI is InChI=1S/C49H27N3O3/c1-4-17-38-34(12-1)44-32(15-8-20-41(44)53-38)28-10-7-11-30(26-28)47-50-48(52-49(51-47)37-16-9-21-42-46(37)36-14-3-6-19-40(36)54-42)31-22-24-33-29(27-31)23-25-43-45(33)35-13-2-5-18-39(35)55-43/h1-27H. The molecule has 0 fully saturated rings. The molecule has 0 radical (unpaired) electrons. The van der Waals surface area contributed by atoms with Gasteiger partial charge >= 0.3 is 0 Å². The Balaban J connectivity index is 1.08. The molecule has 256 valence electrons. The lowest BCUT2D eigenvalue weighted by atomic mass is 9.97. The minimum Gasteiger partial charge on any atom is -0.456 e. The molecule has 4 heterocycles. The van der Waals surface area contributed by atoms with Crippen molar-refractivity contribution in [2.45, 2.75) is 0 Å². The van der Waals surface area contributed by atoms with Crippen LogP contribution in [0.5, 0.6) is 0 Å². The smallest absolute Gasteiger partial charge is 0.164 e. The maximum absolute atomic E-state index is 6.29. The van der Waals surface area contributed by atoms with Crippen LogP contribution in [-0.2, 0) is 0 Å². The first-order valence-corrected chi connectivity index (χ1v) is 18.3. The fourth-order valence-electron chi connectivity index (χ4n) is 8.25. The van der Waals surface area contributed by atoms with Crippen LogP contribution in [0.3, 0.4) is 0 Å². The summed E-state index contributed by atoms with van der Waals surface area (Å²) in [4.78, 5) is 15.6. The van der Waals surface area contributed by atoms with Crippen molar-refractivity contribution in [1.29, 1.82) is 0 Å². The zero-order valence-corrected chi connectivity index (χ0v) is 29.2. The molecule has 4 aromatic heterocycles. The van der Waals surface area contributed by atoms with Crippen molar-refractivity contribution in [3.8, 4) is 45.3 Å². The number of hydrogen-bond acceptors (Lipinski definition) is 6. The Bertz CT molecular complexity index is 3520. The van der Waals surface area contributed by atoms with Gasteiger partial charge in [0, 0.05) is 49.0 Å². The maximum atomic E-state index is 6.29. The second-order valence-corrected chi connectivity index (χ2v) is 13.9. The molecule has 8 aromatic carbocycles. The summed E-state index contributed by atoms with van der Waals surface area (Å²) >= 11 is 0. The molecule has 0 amide bonds. The first-order chi connectivity index (χ1) is 27.2. The minimum atomic E-state index is 0.571. The highest BCUT2D eigenvalue weighted by Crippen LogP contribution is 2.40. The fourth-order valence-corrected chi connectivity index (χ4v) is 8.25. The molecule has 0 bridgehead atoms. The quantitative estimate of drug-likeness (QED) is 0.181. The average Bonchev–Trinajstić information content (AvgIpc) is 3.95. The second kappa shape index (κ2) is 11.5. The highest BCUT2D eigenvalue weighted by molar-refractivity contribution is 6.19. The van der Waals surface area contributed by atoms with Gasteiger partial charge in [-0.3, -0.25) is 0 Å². The van der Waals surface area contributed by atoms with Crippen molar-refractivity contribution in [2.75, 3.05) is 0 Å². The summed E-state index contributed by atoms with van der Waals surface area (Å²) in [5.74, 6) is 1.73. The zero-order valence-electron chi connectivity index (χ0n) is 29.2. The van der Waals surface area contributed by atoms with Crippen LogP contribution in [0.25, 0.3) is 122 Å². The van der Waals surface area contributed by atoms with Crippen LogP contribution in [-0.4, -0.2) is 15.0 Å². The van der Waals surface area contributed by atoms with Gasteiger partial charge in [-0.1, -0.05) is 115 Å². The first-order valence-electron chi connectivity index (χ1n) is 18.3. The van der Waals surface area contributed by atoms with E-state index in [-0.39, 0.29) is 0 Å². The molecule has 0 spiro atoms. The number of para-hydroxylation sites is 3. The second-order valence-electron chi connectivity index (χ2n) is 13.9. The monoisotopic (exact) mass is 705 g/mol. The summed E-state index contributed by atoms with van der Waals surface area (Å²) in [5, 5.41) is 8.55. The van der Waals surface area contributed by atoms with Gasteiger partial charge in [0.25, 0.3) is 0 Å². The SMILES string of the molecule is c1cc(-c2nc(-c3ccc4c(ccc5oc6ccccc6c54)c3)nc(-c3cccc4oc5ccccc5c34)n2)cc(-c2cccc3oc4ccccc4c23)c1. The Morgan fingerprint density at radius 2 is 0.782 bits per heavy atom. The third-order valence-electron chi connectivity index (χ3n) is 10.7. The van der Waals surface area contributed by atoms with Gasteiger partial charge in [-0.05, 0) is 70.4 Å².